The van der Waals surface area contributed by atoms with Crippen molar-refractivity contribution in [1.29, 1.82) is 0 Å². The summed E-state index contributed by atoms with van der Waals surface area (Å²) in [6.07, 6.45) is 1.78. The van der Waals surface area contributed by atoms with Crippen molar-refractivity contribution < 1.29 is 5.11 Å². The third-order valence-corrected chi connectivity index (χ3v) is 2.32. The highest BCUT2D eigenvalue weighted by molar-refractivity contribution is 4.93. The number of aryl methyl sites for hydroxylation is 1. The Labute approximate surface area is 77.0 Å². The fourth-order valence-electron chi connectivity index (χ4n) is 1.61. The summed E-state index contributed by atoms with van der Waals surface area (Å²) in [5, 5.41) is 17.0. The number of hydrogen-bond donors (Lipinski definition) is 1. The second-order valence-electron chi connectivity index (χ2n) is 3.57. The maximum Gasteiger partial charge on any atom is 0.0967 e. The number of aliphatic hydroxyl groups is 1. The molecule has 1 aliphatic rings. The average molecular weight is 182 g/mol. The maximum atomic E-state index is 8.82. The van der Waals surface area contributed by atoms with Gasteiger partial charge < -0.3 is 5.11 Å². The van der Waals surface area contributed by atoms with Crippen molar-refractivity contribution in [2.45, 2.75) is 6.54 Å². The normalized spacial score (nSPS) is 18.9. The van der Waals surface area contributed by atoms with Crippen molar-refractivity contribution in [3.63, 3.8) is 0 Å². The number of hydrogen-bond acceptors (Lipinski definition) is 4. The topological polar surface area (TPSA) is 54.2 Å². The van der Waals surface area contributed by atoms with Crippen LogP contribution in [0.25, 0.3) is 0 Å². The van der Waals surface area contributed by atoms with Crippen molar-refractivity contribution in [3.8, 4) is 0 Å². The summed E-state index contributed by atoms with van der Waals surface area (Å²) < 4.78 is 0. The zero-order valence-corrected chi connectivity index (χ0v) is 7.72. The number of likely N-dealkylation sites (tertiary alicyclic amines) is 1. The third-order valence-electron chi connectivity index (χ3n) is 2.32. The van der Waals surface area contributed by atoms with Crippen LogP contribution in [-0.4, -0.2) is 44.7 Å². The molecule has 0 radical (unpaired) electrons. The first-order valence-electron chi connectivity index (χ1n) is 4.46. The Balaban J connectivity index is 1.81. The fourth-order valence-corrected chi connectivity index (χ4v) is 1.61. The maximum absolute atomic E-state index is 8.82. The van der Waals surface area contributed by atoms with Crippen LogP contribution < -0.4 is 0 Å². The molecule has 5 heteroatoms. The molecule has 0 spiro atoms. The van der Waals surface area contributed by atoms with Gasteiger partial charge in [0.25, 0.3) is 0 Å². The molecule has 0 saturated carbocycles. The highest BCUT2D eigenvalue weighted by atomic mass is 16.3. The van der Waals surface area contributed by atoms with Crippen LogP contribution in [0.1, 0.15) is 5.69 Å². The van der Waals surface area contributed by atoms with E-state index in [1.54, 1.807) is 11.0 Å². The molecule has 72 valence electrons. The van der Waals surface area contributed by atoms with E-state index in [9.17, 15) is 0 Å². The molecule has 0 atom stereocenters. The van der Waals surface area contributed by atoms with E-state index in [0.29, 0.717) is 12.5 Å². The van der Waals surface area contributed by atoms with Crippen molar-refractivity contribution in [1.82, 2.24) is 19.9 Å². The predicted molar refractivity (Wildman–Crippen MR) is 46.9 cm³/mol. The smallest absolute Gasteiger partial charge is 0.0967 e. The first-order valence-corrected chi connectivity index (χ1v) is 4.46. The Bertz CT molecular complexity index is 279. The van der Waals surface area contributed by atoms with Crippen LogP contribution in [0.5, 0.6) is 0 Å². The second-order valence-corrected chi connectivity index (χ2v) is 3.57. The molecule has 2 rings (SSSR count). The predicted octanol–water partition coefficient (Wildman–Crippen LogP) is -0.761. The van der Waals surface area contributed by atoms with Crippen molar-refractivity contribution in [3.05, 3.63) is 11.9 Å². The standard InChI is InChI=1S/C8H14N4O/c1-11-9-2-8(10-11)5-12-3-7(4-12)6-13/h2,7,13H,3-6H2,1H3. The minimum Gasteiger partial charge on any atom is -0.396 e. The van der Waals surface area contributed by atoms with Crippen LogP contribution in [0.15, 0.2) is 6.20 Å². The van der Waals surface area contributed by atoms with Gasteiger partial charge in [-0.25, -0.2) is 0 Å². The number of aliphatic hydroxyl groups excluding tert-OH is 1. The fraction of sp³-hybridized carbons (Fsp3) is 0.750. The molecule has 1 N–H and O–H groups in total. The molecular formula is C8H14N4O. The van der Waals surface area contributed by atoms with Crippen LogP contribution >= 0.6 is 0 Å². The molecule has 1 aliphatic heterocycles. The molecule has 1 aromatic rings. The lowest BCUT2D eigenvalue weighted by atomic mass is 10.0. The summed E-state index contributed by atoms with van der Waals surface area (Å²) in [7, 11) is 1.82. The van der Waals surface area contributed by atoms with E-state index in [-0.39, 0.29) is 0 Å². The van der Waals surface area contributed by atoms with Crippen LogP contribution in [0, 0.1) is 5.92 Å². The minimum absolute atomic E-state index is 0.303. The molecular weight excluding hydrogens is 168 g/mol. The van der Waals surface area contributed by atoms with Gasteiger partial charge in [0, 0.05) is 39.2 Å². The van der Waals surface area contributed by atoms with Crippen molar-refractivity contribution in [2.75, 3.05) is 19.7 Å². The van der Waals surface area contributed by atoms with Gasteiger partial charge in [-0.1, -0.05) is 0 Å². The quantitative estimate of drug-likeness (QED) is 0.667. The van der Waals surface area contributed by atoms with Crippen LogP contribution in [-0.2, 0) is 13.6 Å². The summed E-state index contributed by atoms with van der Waals surface area (Å²) >= 11 is 0. The zero-order valence-electron chi connectivity index (χ0n) is 7.72. The van der Waals surface area contributed by atoms with Gasteiger partial charge in [0.1, 0.15) is 0 Å². The average Bonchev–Trinajstić information content (AvgIpc) is 2.43. The van der Waals surface area contributed by atoms with E-state index in [2.05, 4.69) is 15.1 Å². The molecule has 0 unspecified atom stereocenters. The Morgan fingerprint density at radius 2 is 2.38 bits per heavy atom. The summed E-state index contributed by atoms with van der Waals surface area (Å²) in [5.41, 5.74) is 0.999. The van der Waals surface area contributed by atoms with Crippen molar-refractivity contribution in [2.24, 2.45) is 13.0 Å². The molecule has 13 heavy (non-hydrogen) atoms. The number of aromatic nitrogens is 3. The zero-order chi connectivity index (χ0) is 9.26. The van der Waals surface area contributed by atoms with E-state index in [0.717, 1.165) is 25.3 Å². The van der Waals surface area contributed by atoms with Crippen LogP contribution in [0.4, 0.5) is 0 Å². The Morgan fingerprint density at radius 3 is 2.92 bits per heavy atom. The minimum atomic E-state index is 0.303. The molecule has 2 heterocycles. The largest absolute Gasteiger partial charge is 0.396 e. The first-order chi connectivity index (χ1) is 6.28. The Kier molecular flexibility index (Phi) is 2.28. The van der Waals surface area contributed by atoms with Gasteiger partial charge in [0.15, 0.2) is 0 Å². The van der Waals surface area contributed by atoms with Gasteiger partial charge >= 0.3 is 0 Å². The van der Waals surface area contributed by atoms with Gasteiger partial charge in [0.05, 0.1) is 11.9 Å². The lowest BCUT2D eigenvalue weighted by Gasteiger charge is -2.37. The second kappa shape index (κ2) is 3.43. The molecule has 0 aromatic carbocycles. The van der Waals surface area contributed by atoms with E-state index in [4.69, 9.17) is 5.11 Å². The molecule has 0 amide bonds. The molecule has 1 saturated heterocycles. The van der Waals surface area contributed by atoms with E-state index in [1.165, 1.54) is 0 Å². The highest BCUT2D eigenvalue weighted by Crippen LogP contribution is 2.16. The Morgan fingerprint density at radius 1 is 1.62 bits per heavy atom. The Hall–Kier alpha value is -0.940. The summed E-state index contributed by atoms with van der Waals surface area (Å²) in [4.78, 5) is 3.82. The first kappa shape index (κ1) is 8.65. The summed E-state index contributed by atoms with van der Waals surface area (Å²) in [6, 6.07) is 0. The van der Waals surface area contributed by atoms with Gasteiger partial charge in [-0.2, -0.15) is 15.0 Å². The molecule has 0 bridgehead atoms. The van der Waals surface area contributed by atoms with E-state index >= 15 is 0 Å². The lowest BCUT2D eigenvalue weighted by Crippen LogP contribution is -2.47. The molecule has 0 aliphatic carbocycles. The van der Waals surface area contributed by atoms with E-state index < -0.39 is 0 Å². The molecule has 1 aromatic heterocycles. The number of nitrogens with zero attached hydrogens (tertiary/aromatic N) is 4. The van der Waals surface area contributed by atoms with Crippen molar-refractivity contribution >= 4 is 0 Å². The highest BCUT2D eigenvalue weighted by Gasteiger charge is 2.26. The third kappa shape index (κ3) is 1.87. The molecule has 1 fully saturated rings. The molecule has 5 nitrogen and oxygen atoms in total. The van der Waals surface area contributed by atoms with Gasteiger partial charge in [0.2, 0.25) is 0 Å². The van der Waals surface area contributed by atoms with Gasteiger partial charge in [-0.3, -0.25) is 4.90 Å². The van der Waals surface area contributed by atoms with Crippen LogP contribution in [0.3, 0.4) is 0 Å². The van der Waals surface area contributed by atoms with E-state index in [1.807, 2.05) is 7.05 Å². The monoisotopic (exact) mass is 182 g/mol. The lowest BCUT2D eigenvalue weighted by molar-refractivity contribution is 0.0469. The number of rotatable bonds is 3. The van der Waals surface area contributed by atoms with Gasteiger partial charge in [-0.05, 0) is 0 Å². The summed E-state index contributed by atoms with van der Waals surface area (Å²) in [5.74, 6) is 0.469. The SMILES string of the molecule is Cn1ncc(CN2CC(CO)C2)n1. The van der Waals surface area contributed by atoms with Gasteiger partial charge in [-0.15, -0.1) is 0 Å². The summed E-state index contributed by atoms with van der Waals surface area (Å²) in [6.45, 7) is 3.11. The van der Waals surface area contributed by atoms with Crippen LogP contribution in [0.2, 0.25) is 0 Å².